The molecule has 1 fully saturated rings. The average Bonchev–Trinajstić information content (AvgIpc) is 2.85. The normalized spacial score (nSPS) is 28.6. The van der Waals surface area contributed by atoms with Crippen LogP contribution < -0.4 is 11.0 Å². The molecule has 13 heteroatoms. The quantitative estimate of drug-likeness (QED) is 0.286. The molecule has 0 aliphatic carbocycles. The summed E-state index contributed by atoms with van der Waals surface area (Å²) in [6.45, 7) is 2.32. The standard InChI is InChI=1S/C14H19FN6O6/c1-6(2)9(12(24)25)17-7-3-4-21(13(26)18-7)11-8(15)10(23)14(5-22,27-11)19-20-16/h3-4,6,8-11,22-23H,5H2,1-2H3,(H,24,25)(H,17,18,26)/t8-,9+,10?,11?,14+/m0/s1. The second-order valence-corrected chi connectivity index (χ2v) is 6.30. The number of nitrogens with zero attached hydrogens (tertiary/aromatic N) is 5. The Balaban J connectivity index is 2.32. The lowest BCUT2D eigenvalue weighted by molar-refractivity contribution is -0.138. The number of azide groups is 1. The first-order valence-corrected chi connectivity index (χ1v) is 7.92. The van der Waals surface area contributed by atoms with Crippen molar-refractivity contribution in [3.05, 3.63) is 33.2 Å². The minimum absolute atomic E-state index is 0.0465. The number of aliphatic hydroxyl groups excluding tert-OH is 2. The molecular formula is C14H19FN6O6. The Labute approximate surface area is 151 Å². The number of anilines is 1. The maximum absolute atomic E-state index is 14.4. The summed E-state index contributed by atoms with van der Waals surface area (Å²) in [4.78, 5) is 29.5. The van der Waals surface area contributed by atoms with Crippen molar-refractivity contribution in [3.8, 4) is 0 Å². The van der Waals surface area contributed by atoms with Gasteiger partial charge in [0.15, 0.2) is 12.4 Å². The number of carboxylic acid groups (broad SMARTS) is 1. The topological polar surface area (TPSA) is 183 Å². The van der Waals surface area contributed by atoms with Gasteiger partial charge < -0.3 is 25.4 Å². The number of nitrogens with one attached hydrogen (secondary N) is 1. The monoisotopic (exact) mass is 386 g/mol. The van der Waals surface area contributed by atoms with Crippen LogP contribution in [0, 0.1) is 5.92 Å². The summed E-state index contributed by atoms with van der Waals surface area (Å²) in [5.74, 6) is -1.48. The molecule has 0 radical (unpaired) electrons. The molecule has 5 atom stereocenters. The van der Waals surface area contributed by atoms with Crippen molar-refractivity contribution in [2.45, 2.75) is 44.1 Å². The molecule has 0 amide bonds. The van der Waals surface area contributed by atoms with Crippen LogP contribution in [-0.4, -0.2) is 61.5 Å². The summed E-state index contributed by atoms with van der Waals surface area (Å²) in [5, 5.41) is 34.1. The zero-order valence-corrected chi connectivity index (χ0v) is 14.4. The molecule has 2 heterocycles. The van der Waals surface area contributed by atoms with E-state index in [9.17, 15) is 24.2 Å². The van der Waals surface area contributed by atoms with Gasteiger partial charge in [0.2, 0.25) is 5.72 Å². The lowest BCUT2D eigenvalue weighted by Gasteiger charge is -2.23. The molecule has 0 bridgehead atoms. The number of hydrogen-bond donors (Lipinski definition) is 4. The zero-order chi connectivity index (χ0) is 20.4. The molecule has 0 aromatic carbocycles. The zero-order valence-electron chi connectivity index (χ0n) is 14.4. The summed E-state index contributed by atoms with van der Waals surface area (Å²) in [6, 6.07) is 0.229. The van der Waals surface area contributed by atoms with E-state index in [2.05, 4.69) is 20.3 Å². The van der Waals surface area contributed by atoms with Gasteiger partial charge in [0.25, 0.3) is 0 Å². The Morgan fingerprint density at radius 1 is 1.63 bits per heavy atom. The summed E-state index contributed by atoms with van der Waals surface area (Å²) in [5.41, 5.74) is 5.27. The molecule has 2 unspecified atom stereocenters. The Morgan fingerprint density at radius 2 is 2.30 bits per heavy atom. The van der Waals surface area contributed by atoms with Gasteiger partial charge in [0, 0.05) is 11.1 Å². The highest BCUT2D eigenvalue weighted by Gasteiger charge is 2.56. The third kappa shape index (κ3) is 3.85. The van der Waals surface area contributed by atoms with E-state index in [-0.39, 0.29) is 11.7 Å². The van der Waals surface area contributed by atoms with Crippen LogP contribution in [0.3, 0.4) is 0 Å². The molecule has 1 aliphatic rings. The molecule has 12 nitrogen and oxygen atoms in total. The minimum atomic E-state index is -2.28. The second-order valence-electron chi connectivity index (χ2n) is 6.30. The van der Waals surface area contributed by atoms with Gasteiger partial charge in [-0.25, -0.2) is 14.0 Å². The maximum Gasteiger partial charge on any atom is 0.351 e. The Hall–Kier alpha value is -2.73. The van der Waals surface area contributed by atoms with Crippen molar-refractivity contribution in [2.75, 3.05) is 11.9 Å². The van der Waals surface area contributed by atoms with E-state index in [1.54, 1.807) is 13.8 Å². The molecule has 0 spiro atoms. The Morgan fingerprint density at radius 3 is 2.78 bits per heavy atom. The molecule has 1 saturated heterocycles. The van der Waals surface area contributed by atoms with E-state index in [1.807, 2.05) is 0 Å². The number of aromatic nitrogens is 2. The van der Waals surface area contributed by atoms with Crippen molar-refractivity contribution in [3.63, 3.8) is 0 Å². The molecule has 1 aromatic heterocycles. The van der Waals surface area contributed by atoms with E-state index in [4.69, 9.17) is 15.4 Å². The van der Waals surface area contributed by atoms with Crippen molar-refractivity contribution in [1.82, 2.24) is 9.55 Å². The van der Waals surface area contributed by atoms with Gasteiger partial charge in [-0.1, -0.05) is 19.0 Å². The van der Waals surface area contributed by atoms with Gasteiger partial charge in [-0.15, -0.1) is 0 Å². The predicted molar refractivity (Wildman–Crippen MR) is 88.4 cm³/mol. The van der Waals surface area contributed by atoms with Crippen molar-refractivity contribution < 1.29 is 29.2 Å². The van der Waals surface area contributed by atoms with E-state index in [0.717, 1.165) is 6.20 Å². The summed E-state index contributed by atoms with van der Waals surface area (Å²) in [6.07, 6.45) is -4.81. The van der Waals surface area contributed by atoms with Crippen LogP contribution in [0.25, 0.3) is 10.4 Å². The highest BCUT2D eigenvalue weighted by atomic mass is 19.1. The fraction of sp³-hybridized carbons (Fsp3) is 0.643. The van der Waals surface area contributed by atoms with E-state index < -0.39 is 48.5 Å². The van der Waals surface area contributed by atoms with Crippen molar-refractivity contribution >= 4 is 11.8 Å². The number of alkyl halides is 1. The molecule has 4 N–H and O–H groups in total. The number of halogens is 1. The number of ether oxygens (including phenoxy) is 1. The van der Waals surface area contributed by atoms with E-state index >= 15 is 0 Å². The summed E-state index contributed by atoms with van der Waals surface area (Å²) < 4.78 is 20.3. The molecule has 1 aromatic rings. The first-order chi connectivity index (χ1) is 12.7. The minimum Gasteiger partial charge on any atom is -0.480 e. The molecule has 0 saturated carbocycles. The van der Waals surface area contributed by atoms with Crippen LogP contribution in [0.5, 0.6) is 0 Å². The number of aliphatic hydroxyl groups is 2. The van der Waals surface area contributed by atoms with E-state index in [0.29, 0.717) is 4.57 Å². The lowest BCUT2D eigenvalue weighted by Crippen LogP contribution is -2.43. The van der Waals surface area contributed by atoms with Crippen LogP contribution in [0.2, 0.25) is 0 Å². The number of carboxylic acids is 1. The second kappa shape index (κ2) is 7.88. The van der Waals surface area contributed by atoms with Gasteiger partial charge in [-0.2, -0.15) is 4.98 Å². The van der Waals surface area contributed by atoms with Crippen LogP contribution >= 0.6 is 0 Å². The number of rotatable bonds is 7. The summed E-state index contributed by atoms with van der Waals surface area (Å²) >= 11 is 0. The maximum atomic E-state index is 14.4. The Bertz CT molecular complexity index is 812. The average molecular weight is 386 g/mol. The molecule has 2 rings (SSSR count). The largest absolute Gasteiger partial charge is 0.480 e. The van der Waals surface area contributed by atoms with Gasteiger partial charge >= 0.3 is 11.7 Å². The lowest BCUT2D eigenvalue weighted by atomic mass is 10.1. The predicted octanol–water partition coefficient (Wildman–Crippen LogP) is -0.00890. The molecule has 1 aliphatic heterocycles. The van der Waals surface area contributed by atoms with Gasteiger partial charge in [-0.05, 0) is 17.5 Å². The number of aliphatic carboxylic acids is 1. The fourth-order valence-electron chi connectivity index (χ4n) is 2.64. The molecule has 27 heavy (non-hydrogen) atoms. The highest BCUT2D eigenvalue weighted by Crippen LogP contribution is 2.39. The molecular weight excluding hydrogens is 367 g/mol. The highest BCUT2D eigenvalue weighted by molar-refractivity contribution is 5.77. The number of carbonyl (C=O) groups is 1. The Kier molecular flexibility index (Phi) is 6.01. The van der Waals surface area contributed by atoms with Crippen molar-refractivity contribution in [2.24, 2.45) is 11.0 Å². The van der Waals surface area contributed by atoms with Crippen LogP contribution in [0.15, 0.2) is 22.2 Å². The van der Waals surface area contributed by atoms with E-state index in [1.165, 1.54) is 6.07 Å². The summed E-state index contributed by atoms with van der Waals surface area (Å²) in [7, 11) is 0. The van der Waals surface area contributed by atoms with Crippen LogP contribution in [0.1, 0.15) is 20.1 Å². The smallest absolute Gasteiger partial charge is 0.351 e. The first-order valence-electron chi connectivity index (χ1n) is 7.92. The number of hydrogen-bond acceptors (Lipinski definition) is 8. The van der Waals surface area contributed by atoms with Gasteiger partial charge in [0.05, 0.1) is 6.61 Å². The SMILES string of the molecule is CC(C)[C@@H](Nc1ccn(C2O[C@@](CO)(N=[N+]=[N-])C(O)[C@@H]2F)c(=O)n1)C(=O)O. The third-order valence-electron chi connectivity index (χ3n) is 4.14. The van der Waals surface area contributed by atoms with Crippen molar-refractivity contribution in [1.29, 1.82) is 0 Å². The van der Waals surface area contributed by atoms with Crippen LogP contribution in [0.4, 0.5) is 10.2 Å². The van der Waals surface area contributed by atoms with Crippen LogP contribution in [-0.2, 0) is 9.53 Å². The first kappa shape index (κ1) is 20.6. The van der Waals surface area contributed by atoms with Gasteiger partial charge in [-0.3, -0.25) is 4.57 Å². The third-order valence-corrected chi connectivity index (χ3v) is 4.14. The van der Waals surface area contributed by atoms with Gasteiger partial charge in [0.1, 0.15) is 18.0 Å². The fourth-order valence-corrected chi connectivity index (χ4v) is 2.64. The molecule has 148 valence electrons.